The van der Waals surface area contributed by atoms with E-state index in [0.717, 1.165) is 16.7 Å². The highest BCUT2D eigenvalue weighted by atomic mass is 16.3. The molecule has 3 aromatic rings. The molecule has 0 fully saturated rings. The molecular weight excluding hydrogens is 290 g/mol. The zero-order valence-corrected chi connectivity index (χ0v) is 12.5. The number of rotatable bonds is 3. The highest BCUT2D eigenvalue weighted by Crippen LogP contribution is 2.25. The molecule has 0 aliphatic heterocycles. The van der Waals surface area contributed by atoms with Crippen LogP contribution in [0.5, 0.6) is 11.5 Å². The van der Waals surface area contributed by atoms with Gasteiger partial charge in [-0.25, -0.2) is 0 Å². The van der Waals surface area contributed by atoms with Crippen LogP contribution >= 0.6 is 0 Å². The van der Waals surface area contributed by atoms with Crippen LogP contribution in [0.4, 0.5) is 0 Å². The maximum Gasteiger partial charge on any atom is 0.211 e. The third-order valence-electron chi connectivity index (χ3n) is 3.63. The van der Waals surface area contributed by atoms with Gasteiger partial charge in [0.05, 0.1) is 0 Å². The summed E-state index contributed by atoms with van der Waals surface area (Å²) in [6.07, 6.45) is 1.63. The first kappa shape index (κ1) is 14.8. The minimum absolute atomic E-state index is 0.0482. The first-order valence-electron chi connectivity index (χ1n) is 7.14. The molecule has 4 heteroatoms. The van der Waals surface area contributed by atoms with E-state index in [1.54, 1.807) is 36.5 Å². The summed E-state index contributed by atoms with van der Waals surface area (Å²) in [5.74, 6) is 0.0544. The molecule has 0 atom stereocenters. The van der Waals surface area contributed by atoms with E-state index in [-0.39, 0.29) is 17.3 Å². The highest BCUT2D eigenvalue weighted by molar-refractivity contribution is 6.08. The molecular formula is C19H15NO3. The van der Waals surface area contributed by atoms with Crippen molar-refractivity contribution in [1.82, 2.24) is 4.98 Å². The maximum atomic E-state index is 12.3. The number of phenolic OH excluding ortho intramolecular Hbond substituents is 2. The number of ketones is 1. The van der Waals surface area contributed by atoms with Crippen LogP contribution in [0.3, 0.4) is 0 Å². The quantitative estimate of drug-likeness (QED) is 0.724. The molecule has 4 nitrogen and oxygen atoms in total. The zero-order chi connectivity index (χ0) is 16.4. The Morgan fingerprint density at radius 2 is 1.74 bits per heavy atom. The number of hydrogen-bond donors (Lipinski definition) is 2. The second-order valence-electron chi connectivity index (χ2n) is 5.31. The van der Waals surface area contributed by atoms with Crippen molar-refractivity contribution in [3.8, 4) is 22.6 Å². The van der Waals surface area contributed by atoms with Crippen molar-refractivity contribution in [3.05, 3.63) is 77.6 Å². The Morgan fingerprint density at radius 1 is 0.957 bits per heavy atom. The molecule has 0 saturated heterocycles. The average Bonchev–Trinajstić information content (AvgIpc) is 2.57. The zero-order valence-electron chi connectivity index (χ0n) is 12.5. The average molecular weight is 305 g/mol. The van der Waals surface area contributed by atoms with E-state index in [1.807, 2.05) is 19.1 Å². The van der Waals surface area contributed by atoms with Crippen molar-refractivity contribution in [2.24, 2.45) is 0 Å². The summed E-state index contributed by atoms with van der Waals surface area (Å²) in [5, 5.41) is 19.0. The van der Waals surface area contributed by atoms with Gasteiger partial charge in [-0.2, -0.15) is 0 Å². The van der Waals surface area contributed by atoms with E-state index in [2.05, 4.69) is 4.98 Å². The number of aryl methyl sites for hydroxylation is 1. The molecule has 23 heavy (non-hydrogen) atoms. The normalized spacial score (nSPS) is 10.5. The molecule has 0 saturated carbocycles. The first-order valence-corrected chi connectivity index (χ1v) is 7.14. The van der Waals surface area contributed by atoms with Crippen molar-refractivity contribution in [2.45, 2.75) is 6.92 Å². The number of carbonyl (C=O) groups excluding carboxylic acids is 1. The van der Waals surface area contributed by atoms with E-state index >= 15 is 0 Å². The summed E-state index contributed by atoms with van der Waals surface area (Å²) >= 11 is 0. The van der Waals surface area contributed by atoms with Crippen LogP contribution in [0.1, 0.15) is 21.6 Å². The molecule has 3 rings (SSSR count). The first-order chi connectivity index (χ1) is 11.0. The smallest absolute Gasteiger partial charge is 0.211 e. The van der Waals surface area contributed by atoms with Crippen LogP contribution in [0.15, 0.2) is 60.8 Å². The lowest BCUT2D eigenvalue weighted by molar-refractivity contribution is 0.103. The van der Waals surface area contributed by atoms with Gasteiger partial charge in [-0.05, 0) is 48.4 Å². The lowest BCUT2D eigenvalue weighted by Gasteiger charge is -2.06. The Hall–Kier alpha value is -3.14. The summed E-state index contributed by atoms with van der Waals surface area (Å²) in [7, 11) is 0. The standard InChI is InChI=1S/C19H15NO3/c1-12-9-13(6-8-18(12)22)15-5-7-17(20-11-15)19(23)14-3-2-4-16(21)10-14/h2-11,21-22H,1H3. The number of benzene rings is 2. The van der Waals surface area contributed by atoms with Crippen LogP contribution < -0.4 is 0 Å². The van der Waals surface area contributed by atoms with Gasteiger partial charge in [0.1, 0.15) is 17.2 Å². The van der Waals surface area contributed by atoms with Crippen molar-refractivity contribution >= 4 is 5.78 Å². The van der Waals surface area contributed by atoms with Crippen LogP contribution in [0, 0.1) is 6.92 Å². The fourth-order valence-corrected chi connectivity index (χ4v) is 2.33. The van der Waals surface area contributed by atoms with E-state index in [0.29, 0.717) is 11.3 Å². The Bertz CT molecular complexity index is 870. The van der Waals surface area contributed by atoms with Gasteiger partial charge >= 0.3 is 0 Å². The minimum Gasteiger partial charge on any atom is -0.508 e. The largest absolute Gasteiger partial charge is 0.508 e. The molecule has 0 spiro atoms. The van der Waals surface area contributed by atoms with E-state index in [9.17, 15) is 15.0 Å². The number of aromatic hydroxyl groups is 2. The fraction of sp³-hybridized carbons (Fsp3) is 0.0526. The van der Waals surface area contributed by atoms with E-state index in [1.165, 1.54) is 12.1 Å². The lowest BCUT2D eigenvalue weighted by Crippen LogP contribution is -2.03. The molecule has 0 bridgehead atoms. The van der Waals surface area contributed by atoms with Crippen LogP contribution in [-0.2, 0) is 0 Å². The summed E-state index contributed by atoms with van der Waals surface area (Å²) in [6, 6.07) is 15.0. The van der Waals surface area contributed by atoms with Crippen molar-refractivity contribution in [3.63, 3.8) is 0 Å². The van der Waals surface area contributed by atoms with Crippen molar-refractivity contribution in [2.75, 3.05) is 0 Å². The number of phenols is 2. The summed E-state index contributed by atoms with van der Waals surface area (Å²) in [4.78, 5) is 16.6. The monoisotopic (exact) mass is 305 g/mol. The molecule has 114 valence electrons. The molecule has 2 aromatic carbocycles. The van der Waals surface area contributed by atoms with Crippen LogP contribution in [0.25, 0.3) is 11.1 Å². The third kappa shape index (κ3) is 3.06. The summed E-state index contributed by atoms with van der Waals surface area (Å²) in [6.45, 7) is 1.83. The van der Waals surface area contributed by atoms with Crippen molar-refractivity contribution < 1.29 is 15.0 Å². The second-order valence-corrected chi connectivity index (χ2v) is 5.31. The van der Waals surface area contributed by atoms with Gasteiger partial charge in [0.15, 0.2) is 0 Å². The fourth-order valence-electron chi connectivity index (χ4n) is 2.33. The predicted octanol–water partition coefficient (Wildman–Crippen LogP) is 3.70. The van der Waals surface area contributed by atoms with Gasteiger partial charge in [-0.1, -0.05) is 24.3 Å². The van der Waals surface area contributed by atoms with E-state index < -0.39 is 0 Å². The number of aromatic nitrogens is 1. The Balaban J connectivity index is 1.90. The Kier molecular flexibility index (Phi) is 3.81. The Morgan fingerprint density at radius 3 is 2.39 bits per heavy atom. The minimum atomic E-state index is -0.241. The van der Waals surface area contributed by atoms with E-state index in [4.69, 9.17) is 0 Å². The van der Waals surface area contributed by atoms with Gasteiger partial charge in [0.2, 0.25) is 5.78 Å². The summed E-state index contributed by atoms with van der Waals surface area (Å²) in [5.41, 5.74) is 3.27. The number of hydrogen-bond acceptors (Lipinski definition) is 4. The number of pyridine rings is 1. The molecule has 1 aromatic heterocycles. The third-order valence-corrected chi connectivity index (χ3v) is 3.63. The Labute approximate surface area is 133 Å². The van der Waals surface area contributed by atoms with Gasteiger partial charge in [0, 0.05) is 17.3 Å². The molecule has 0 unspecified atom stereocenters. The van der Waals surface area contributed by atoms with Gasteiger partial charge < -0.3 is 10.2 Å². The molecule has 1 heterocycles. The second kappa shape index (κ2) is 5.93. The SMILES string of the molecule is Cc1cc(-c2ccc(C(=O)c3cccc(O)c3)nc2)ccc1O. The van der Waals surface area contributed by atoms with Crippen LogP contribution in [-0.4, -0.2) is 21.0 Å². The predicted molar refractivity (Wildman–Crippen MR) is 87.6 cm³/mol. The molecule has 2 N–H and O–H groups in total. The number of nitrogens with zero attached hydrogens (tertiary/aromatic N) is 1. The van der Waals surface area contributed by atoms with Gasteiger partial charge in [-0.15, -0.1) is 0 Å². The van der Waals surface area contributed by atoms with Crippen molar-refractivity contribution in [1.29, 1.82) is 0 Å². The highest BCUT2D eigenvalue weighted by Gasteiger charge is 2.11. The topological polar surface area (TPSA) is 70.4 Å². The molecule has 0 aliphatic rings. The lowest BCUT2D eigenvalue weighted by atomic mass is 10.0. The molecule has 0 aliphatic carbocycles. The number of carbonyl (C=O) groups is 1. The maximum absolute atomic E-state index is 12.3. The summed E-state index contributed by atoms with van der Waals surface area (Å²) < 4.78 is 0. The van der Waals surface area contributed by atoms with Gasteiger partial charge in [-0.3, -0.25) is 9.78 Å². The van der Waals surface area contributed by atoms with Gasteiger partial charge in [0.25, 0.3) is 0 Å². The van der Waals surface area contributed by atoms with Crippen LogP contribution in [0.2, 0.25) is 0 Å². The molecule has 0 radical (unpaired) electrons. The molecule has 0 amide bonds.